The number of carbonyl (C=O) groups is 2. The standard InChI is InChI=1S/C56H99NO5/c1-4-7-10-13-16-19-22-25-26-27-28-31-34-37-40-43-46-49-56(61)62-52(47-44-41-38-35-32-29-23-20-17-14-11-8-5-2)50-55(60)57-53(51-58)54(59)48-45-42-39-36-33-30-24-21-18-15-12-9-6-3/h16-17,19-20,23,25-26,28-29,31,37,40,52-54,58-59H,4-15,18,21-22,24,27,30,32-36,38-39,41-51H2,1-3H3,(H,57,60)/b19-16-,20-17+,26-25-,29-23+,31-28-,40-37-. The number of hydrogen-bond donors (Lipinski definition) is 3. The van der Waals surface area contributed by atoms with Crippen LogP contribution in [0.5, 0.6) is 0 Å². The first-order valence-electron chi connectivity index (χ1n) is 26.2. The van der Waals surface area contributed by atoms with Gasteiger partial charge in [-0.05, 0) is 89.9 Å². The first-order chi connectivity index (χ1) is 30.5. The van der Waals surface area contributed by atoms with Crippen molar-refractivity contribution >= 4 is 11.9 Å². The fourth-order valence-corrected chi connectivity index (χ4v) is 7.53. The van der Waals surface area contributed by atoms with Crippen LogP contribution < -0.4 is 5.32 Å². The van der Waals surface area contributed by atoms with Crippen molar-refractivity contribution in [3.8, 4) is 0 Å². The van der Waals surface area contributed by atoms with Crippen LogP contribution in [0.15, 0.2) is 72.9 Å². The SMILES string of the molecule is CCCCC/C=C\C/C=C\C/C=C\C/C=C\CCCC(=O)OC(CCCCCC/C=C/C=C/CCCCC)CC(=O)NC(CO)C(O)CCCCCCCCCCCCCCC. The minimum Gasteiger partial charge on any atom is -0.462 e. The summed E-state index contributed by atoms with van der Waals surface area (Å²) in [5.41, 5.74) is 0. The van der Waals surface area contributed by atoms with E-state index in [-0.39, 0.29) is 24.9 Å². The van der Waals surface area contributed by atoms with E-state index in [0.29, 0.717) is 25.7 Å². The van der Waals surface area contributed by atoms with Crippen LogP contribution in [-0.4, -0.2) is 46.9 Å². The van der Waals surface area contributed by atoms with Gasteiger partial charge in [0.1, 0.15) is 6.10 Å². The number of aliphatic hydroxyl groups is 2. The number of nitrogens with one attached hydrogen (secondary N) is 1. The number of esters is 1. The molecule has 62 heavy (non-hydrogen) atoms. The minimum absolute atomic E-state index is 0.0399. The molecule has 0 saturated heterocycles. The lowest BCUT2D eigenvalue weighted by Gasteiger charge is -2.24. The third-order valence-corrected chi connectivity index (χ3v) is 11.5. The van der Waals surface area contributed by atoms with Crippen molar-refractivity contribution in [2.75, 3.05) is 6.61 Å². The van der Waals surface area contributed by atoms with Gasteiger partial charge >= 0.3 is 5.97 Å². The molecule has 0 spiro atoms. The maximum absolute atomic E-state index is 13.2. The van der Waals surface area contributed by atoms with Crippen molar-refractivity contribution in [1.29, 1.82) is 0 Å². The first kappa shape index (κ1) is 59.3. The maximum atomic E-state index is 13.2. The Hall–Kier alpha value is -2.70. The Labute approximate surface area is 383 Å². The molecule has 0 fully saturated rings. The van der Waals surface area contributed by atoms with Gasteiger partial charge in [0.15, 0.2) is 0 Å². The number of ether oxygens (including phenoxy) is 1. The highest BCUT2D eigenvalue weighted by molar-refractivity contribution is 5.77. The lowest BCUT2D eigenvalue weighted by atomic mass is 10.0. The highest BCUT2D eigenvalue weighted by Crippen LogP contribution is 2.17. The highest BCUT2D eigenvalue weighted by atomic mass is 16.5. The fraction of sp³-hybridized carbons (Fsp3) is 0.750. The quantitative estimate of drug-likeness (QED) is 0.0245. The molecule has 0 radical (unpaired) electrons. The summed E-state index contributed by atoms with van der Waals surface area (Å²) in [6.07, 6.45) is 62.4. The van der Waals surface area contributed by atoms with Gasteiger partial charge in [0, 0.05) is 6.42 Å². The maximum Gasteiger partial charge on any atom is 0.306 e. The molecular weight excluding hydrogens is 767 g/mol. The molecule has 6 heteroatoms. The molecule has 3 atom stereocenters. The van der Waals surface area contributed by atoms with Crippen molar-refractivity contribution in [2.45, 2.75) is 264 Å². The minimum atomic E-state index is -0.805. The van der Waals surface area contributed by atoms with E-state index in [1.165, 1.54) is 109 Å². The smallest absolute Gasteiger partial charge is 0.306 e. The second kappa shape index (κ2) is 49.3. The molecule has 0 aliphatic carbocycles. The van der Waals surface area contributed by atoms with E-state index in [9.17, 15) is 19.8 Å². The molecule has 0 aromatic rings. The largest absolute Gasteiger partial charge is 0.462 e. The monoisotopic (exact) mass is 866 g/mol. The number of carbonyl (C=O) groups excluding carboxylic acids is 2. The summed E-state index contributed by atoms with van der Waals surface area (Å²) in [7, 11) is 0. The van der Waals surface area contributed by atoms with Crippen LogP contribution in [0, 0.1) is 0 Å². The number of rotatable bonds is 46. The van der Waals surface area contributed by atoms with Crippen LogP contribution in [0.25, 0.3) is 0 Å². The summed E-state index contributed by atoms with van der Waals surface area (Å²) >= 11 is 0. The Balaban J connectivity index is 4.69. The van der Waals surface area contributed by atoms with Gasteiger partial charge in [-0.2, -0.15) is 0 Å². The molecule has 0 aromatic heterocycles. The van der Waals surface area contributed by atoms with Gasteiger partial charge in [-0.25, -0.2) is 0 Å². The van der Waals surface area contributed by atoms with E-state index in [4.69, 9.17) is 4.74 Å². The third-order valence-electron chi connectivity index (χ3n) is 11.5. The second-order valence-corrected chi connectivity index (χ2v) is 17.6. The molecule has 0 saturated carbocycles. The van der Waals surface area contributed by atoms with E-state index < -0.39 is 18.2 Å². The predicted octanol–water partition coefficient (Wildman–Crippen LogP) is 15.8. The van der Waals surface area contributed by atoms with Gasteiger partial charge in [0.2, 0.25) is 5.91 Å². The molecule has 0 bridgehead atoms. The summed E-state index contributed by atoms with van der Waals surface area (Å²) in [6, 6.07) is -0.721. The Kier molecular flexibility index (Phi) is 47.2. The topological polar surface area (TPSA) is 95.9 Å². The fourth-order valence-electron chi connectivity index (χ4n) is 7.53. The van der Waals surface area contributed by atoms with E-state index >= 15 is 0 Å². The lowest BCUT2D eigenvalue weighted by molar-refractivity contribution is -0.151. The van der Waals surface area contributed by atoms with Crippen molar-refractivity contribution in [2.24, 2.45) is 0 Å². The molecule has 3 unspecified atom stereocenters. The van der Waals surface area contributed by atoms with Crippen LogP contribution in [0.4, 0.5) is 0 Å². The van der Waals surface area contributed by atoms with Crippen molar-refractivity contribution in [3.05, 3.63) is 72.9 Å². The van der Waals surface area contributed by atoms with Crippen molar-refractivity contribution < 1.29 is 24.5 Å². The number of unbranched alkanes of at least 4 members (excludes halogenated alkanes) is 23. The number of amides is 1. The van der Waals surface area contributed by atoms with Crippen LogP contribution in [0.2, 0.25) is 0 Å². The molecule has 358 valence electrons. The Bertz CT molecular complexity index is 1150. The second-order valence-electron chi connectivity index (χ2n) is 17.6. The van der Waals surface area contributed by atoms with Gasteiger partial charge in [0.25, 0.3) is 0 Å². The first-order valence-corrected chi connectivity index (χ1v) is 26.2. The van der Waals surface area contributed by atoms with Gasteiger partial charge in [-0.15, -0.1) is 0 Å². The number of aliphatic hydroxyl groups excluding tert-OH is 2. The van der Waals surface area contributed by atoms with Crippen LogP contribution in [0.3, 0.4) is 0 Å². The molecule has 6 nitrogen and oxygen atoms in total. The average molecular weight is 866 g/mol. The summed E-state index contributed by atoms with van der Waals surface area (Å²) in [4.78, 5) is 26.1. The normalized spacial score (nSPS) is 13.8. The molecule has 3 N–H and O–H groups in total. The van der Waals surface area contributed by atoms with Crippen LogP contribution in [0.1, 0.15) is 245 Å². The summed E-state index contributed by atoms with van der Waals surface area (Å²) in [5, 5.41) is 23.8. The molecule has 0 aromatic carbocycles. The number of allylic oxidation sites excluding steroid dienone is 12. The van der Waals surface area contributed by atoms with Gasteiger partial charge in [0.05, 0.1) is 25.2 Å². The predicted molar refractivity (Wildman–Crippen MR) is 268 cm³/mol. The molecule has 0 aliphatic heterocycles. The van der Waals surface area contributed by atoms with Crippen molar-refractivity contribution in [1.82, 2.24) is 5.32 Å². The Morgan fingerprint density at radius 2 is 0.871 bits per heavy atom. The highest BCUT2D eigenvalue weighted by Gasteiger charge is 2.24. The van der Waals surface area contributed by atoms with E-state index in [1.807, 2.05) is 0 Å². The third kappa shape index (κ3) is 43.9. The zero-order valence-corrected chi connectivity index (χ0v) is 40.7. The molecule has 0 aliphatic rings. The lowest BCUT2D eigenvalue weighted by Crippen LogP contribution is -2.46. The van der Waals surface area contributed by atoms with E-state index in [0.717, 1.165) is 83.5 Å². The molecule has 0 rings (SSSR count). The zero-order chi connectivity index (χ0) is 45.2. The van der Waals surface area contributed by atoms with E-state index in [2.05, 4.69) is 99.0 Å². The summed E-state index contributed by atoms with van der Waals surface area (Å²) in [5.74, 6) is -0.562. The van der Waals surface area contributed by atoms with E-state index in [1.54, 1.807) is 0 Å². The van der Waals surface area contributed by atoms with Gasteiger partial charge < -0.3 is 20.3 Å². The molecule has 1 amide bonds. The number of hydrogen-bond acceptors (Lipinski definition) is 5. The average Bonchev–Trinajstić information content (AvgIpc) is 3.26. The summed E-state index contributed by atoms with van der Waals surface area (Å²) < 4.78 is 5.90. The van der Waals surface area contributed by atoms with Crippen LogP contribution >= 0.6 is 0 Å². The summed E-state index contributed by atoms with van der Waals surface area (Å²) in [6.45, 7) is 6.40. The molecular formula is C56H99NO5. The molecule has 0 heterocycles. The van der Waals surface area contributed by atoms with Gasteiger partial charge in [-0.3, -0.25) is 9.59 Å². The Morgan fingerprint density at radius 1 is 0.484 bits per heavy atom. The van der Waals surface area contributed by atoms with Crippen molar-refractivity contribution in [3.63, 3.8) is 0 Å². The Morgan fingerprint density at radius 3 is 1.37 bits per heavy atom. The van der Waals surface area contributed by atoms with Crippen LogP contribution in [-0.2, 0) is 14.3 Å². The van der Waals surface area contributed by atoms with Gasteiger partial charge in [-0.1, -0.05) is 216 Å². The zero-order valence-electron chi connectivity index (χ0n) is 40.7.